The molecule has 2 heteroatoms. The predicted octanol–water partition coefficient (Wildman–Crippen LogP) is 4.48. The molecule has 106 valence electrons. The molecule has 1 aliphatic rings. The largest absolute Gasteiger partial charge is 0.493 e. The van der Waals surface area contributed by atoms with Crippen molar-refractivity contribution in [3.05, 3.63) is 29.8 Å². The molecular formula is C17H26O2. The van der Waals surface area contributed by atoms with Crippen LogP contribution in [-0.4, -0.2) is 11.7 Å². The summed E-state index contributed by atoms with van der Waals surface area (Å²) in [7, 11) is 0. The van der Waals surface area contributed by atoms with Crippen LogP contribution in [0, 0.1) is 5.92 Å². The van der Waals surface area contributed by atoms with Crippen LogP contribution in [0.3, 0.4) is 0 Å². The van der Waals surface area contributed by atoms with Crippen molar-refractivity contribution < 1.29 is 9.84 Å². The number of hydrogen-bond acceptors (Lipinski definition) is 2. The molecule has 0 saturated heterocycles. The summed E-state index contributed by atoms with van der Waals surface area (Å²) in [5, 5.41) is 10.0. The van der Waals surface area contributed by atoms with Gasteiger partial charge in [0.25, 0.3) is 0 Å². The van der Waals surface area contributed by atoms with Crippen LogP contribution in [0.2, 0.25) is 0 Å². The highest BCUT2D eigenvalue weighted by Gasteiger charge is 2.14. The Labute approximate surface area is 116 Å². The fourth-order valence-corrected chi connectivity index (χ4v) is 2.82. The quantitative estimate of drug-likeness (QED) is 0.819. The molecular weight excluding hydrogens is 236 g/mol. The molecule has 1 unspecified atom stereocenters. The van der Waals surface area contributed by atoms with Crippen molar-refractivity contribution in [1.82, 2.24) is 0 Å². The van der Waals surface area contributed by atoms with Crippen molar-refractivity contribution in [2.75, 3.05) is 6.61 Å². The molecule has 0 aliphatic heterocycles. The van der Waals surface area contributed by atoms with E-state index in [0.29, 0.717) is 0 Å². The third-order valence-corrected chi connectivity index (χ3v) is 4.02. The number of ether oxygens (including phenoxy) is 1. The van der Waals surface area contributed by atoms with Gasteiger partial charge in [-0.3, -0.25) is 0 Å². The molecule has 0 aromatic heterocycles. The molecule has 1 fully saturated rings. The standard InChI is InChI=1S/C17H26O2/c1-2-7-17(18)15-10-6-11-16(12-15)19-13-14-8-4-3-5-9-14/h6,10-12,14,17-18H,2-5,7-9,13H2,1H3. The van der Waals surface area contributed by atoms with E-state index in [1.165, 1.54) is 32.1 Å². The maximum absolute atomic E-state index is 10.0. The minimum absolute atomic E-state index is 0.358. The van der Waals surface area contributed by atoms with E-state index in [4.69, 9.17) is 4.74 Å². The summed E-state index contributed by atoms with van der Waals surface area (Å²) in [5.74, 6) is 1.62. The highest BCUT2D eigenvalue weighted by molar-refractivity contribution is 5.29. The Morgan fingerprint density at radius 2 is 2.05 bits per heavy atom. The topological polar surface area (TPSA) is 29.5 Å². The lowest BCUT2D eigenvalue weighted by molar-refractivity contribution is 0.165. The molecule has 2 rings (SSSR count). The van der Waals surface area contributed by atoms with Gasteiger partial charge in [0, 0.05) is 0 Å². The molecule has 1 atom stereocenters. The molecule has 1 saturated carbocycles. The van der Waals surface area contributed by atoms with Gasteiger partial charge < -0.3 is 9.84 Å². The van der Waals surface area contributed by atoms with Crippen LogP contribution in [-0.2, 0) is 0 Å². The average Bonchev–Trinajstić information content (AvgIpc) is 2.47. The number of aliphatic hydroxyl groups excluding tert-OH is 1. The maximum atomic E-state index is 10.0. The molecule has 1 N–H and O–H groups in total. The first-order valence-electron chi connectivity index (χ1n) is 7.70. The van der Waals surface area contributed by atoms with Crippen LogP contribution in [0.5, 0.6) is 5.75 Å². The van der Waals surface area contributed by atoms with Gasteiger partial charge in [-0.25, -0.2) is 0 Å². The van der Waals surface area contributed by atoms with Crippen molar-refractivity contribution in [3.8, 4) is 5.75 Å². The van der Waals surface area contributed by atoms with Crippen LogP contribution in [0.1, 0.15) is 63.5 Å². The van der Waals surface area contributed by atoms with E-state index in [1.54, 1.807) is 0 Å². The summed E-state index contributed by atoms with van der Waals surface area (Å²) < 4.78 is 5.90. The summed E-state index contributed by atoms with van der Waals surface area (Å²) in [4.78, 5) is 0. The zero-order chi connectivity index (χ0) is 13.5. The lowest BCUT2D eigenvalue weighted by atomic mass is 9.90. The van der Waals surface area contributed by atoms with Gasteiger partial charge >= 0.3 is 0 Å². The third kappa shape index (κ3) is 4.54. The number of benzene rings is 1. The molecule has 0 amide bonds. The van der Waals surface area contributed by atoms with Crippen LogP contribution in [0.25, 0.3) is 0 Å². The Bertz CT molecular complexity index is 369. The first kappa shape index (κ1) is 14.4. The van der Waals surface area contributed by atoms with E-state index in [2.05, 4.69) is 6.92 Å². The van der Waals surface area contributed by atoms with Crippen molar-refractivity contribution in [2.45, 2.75) is 58.0 Å². The monoisotopic (exact) mass is 262 g/mol. The van der Waals surface area contributed by atoms with Gasteiger partial charge in [-0.1, -0.05) is 44.7 Å². The van der Waals surface area contributed by atoms with Gasteiger partial charge in [0.15, 0.2) is 0 Å². The van der Waals surface area contributed by atoms with Gasteiger partial charge in [0.2, 0.25) is 0 Å². The number of hydrogen-bond donors (Lipinski definition) is 1. The lowest BCUT2D eigenvalue weighted by Gasteiger charge is -2.22. The van der Waals surface area contributed by atoms with E-state index in [0.717, 1.165) is 36.7 Å². The van der Waals surface area contributed by atoms with Gasteiger partial charge in [0.1, 0.15) is 5.75 Å². The normalized spacial score (nSPS) is 18.2. The van der Waals surface area contributed by atoms with Crippen LogP contribution >= 0.6 is 0 Å². The van der Waals surface area contributed by atoms with Gasteiger partial charge in [-0.2, -0.15) is 0 Å². The fraction of sp³-hybridized carbons (Fsp3) is 0.647. The summed E-state index contributed by atoms with van der Waals surface area (Å²) in [6.45, 7) is 2.92. The molecule has 2 nitrogen and oxygen atoms in total. The molecule has 1 aromatic carbocycles. The zero-order valence-corrected chi connectivity index (χ0v) is 12.0. The Kier molecular flexibility index (Phi) is 5.71. The summed E-state index contributed by atoms with van der Waals surface area (Å²) in [6, 6.07) is 7.94. The summed E-state index contributed by atoms with van der Waals surface area (Å²) in [5.41, 5.74) is 0.975. The smallest absolute Gasteiger partial charge is 0.119 e. The third-order valence-electron chi connectivity index (χ3n) is 4.02. The van der Waals surface area contributed by atoms with E-state index in [-0.39, 0.29) is 6.10 Å². The minimum atomic E-state index is -0.358. The van der Waals surface area contributed by atoms with Crippen LogP contribution in [0.15, 0.2) is 24.3 Å². The first-order valence-corrected chi connectivity index (χ1v) is 7.70. The summed E-state index contributed by atoms with van der Waals surface area (Å²) >= 11 is 0. The average molecular weight is 262 g/mol. The molecule has 19 heavy (non-hydrogen) atoms. The SMILES string of the molecule is CCCC(O)c1cccc(OCC2CCCCC2)c1. The van der Waals surface area contributed by atoms with E-state index < -0.39 is 0 Å². The Balaban J connectivity index is 1.87. The molecule has 1 aliphatic carbocycles. The first-order chi connectivity index (χ1) is 9.29. The van der Waals surface area contributed by atoms with Crippen LogP contribution < -0.4 is 4.74 Å². The van der Waals surface area contributed by atoms with Gasteiger partial charge in [-0.05, 0) is 42.9 Å². The highest BCUT2D eigenvalue weighted by Crippen LogP contribution is 2.26. The number of aliphatic hydroxyl groups is 1. The van der Waals surface area contributed by atoms with Crippen molar-refractivity contribution >= 4 is 0 Å². The van der Waals surface area contributed by atoms with E-state index in [9.17, 15) is 5.11 Å². The van der Waals surface area contributed by atoms with Gasteiger partial charge in [0.05, 0.1) is 12.7 Å². The zero-order valence-electron chi connectivity index (χ0n) is 12.0. The molecule has 0 bridgehead atoms. The molecule has 1 aromatic rings. The maximum Gasteiger partial charge on any atom is 0.119 e. The highest BCUT2D eigenvalue weighted by atomic mass is 16.5. The predicted molar refractivity (Wildman–Crippen MR) is 78.4 cm³/mol. The summed E-state index contributed by atoms with van der Waals surface area (Å²) in [6.07, 6.45) is 8.14. The van der Waals surface area contributed by atoms with Crippen molar-refractivity contribution in [3.63, 3.8) is 0 Å². The van der Waals surface area contributed by atoms with Crippen molar-refractivity contribution in [1.29, 1.82) is 0 Å². The fourth-order valence-electron chi connectivity index (χ4n) is 2.82. The Hall–Kier alpha value is -1.02. The molecule has 0 heterocycles. The second-order valence-electron chi connectivity index (χ2n) is 5.69. The number of rotatable bonds is 6. The second-order valence-corrected chi connectivity index (χ2v) is 5.69. The van der Waals surface area contributed by atoms with E-state index >= 15 is 0 Å². The molecule has 0 spiro atoms. The van der Waals surface area contributed by atoms with E-state index in [1.807, 2.05) is 24.3 Å². The second kappa shape index (κ2) is 7.54. The lowest BCUT2D eigenvalue weighted by Crippen LogP contribution is -2.15. The Morgan fingerprint density at radius 1 is 1.26 bits per heavy atom. The molecule has 0 radical (unpaired) electrons. The minimum Gasteiger partial charge on any atom is -0.493 e. The van der Waals surface area contributed by atoms with Gasteiger partial charge in [-0.15, -0.1) is 0 Å². The Morgan fingerprint density at radius 3 is 2.79 bits per heavy atom. The van der Waals surface area contributed by atoms with Crippen LogP contribution in [0.4, 0.5) is 0 Å². The van der Waals surface area contributed by atoms with Crippen molar-refractivity contribution in [2.24, 2.45) is 5.92 Å².